The van der Waals surface area contributed by atoms with Crippen LogP contribution in [0, 0.1) is 0 Å². The summed E-state index contributed by atoms with van der Waals surface area (Å²) in [5.74, 6) is 0.0385. The van der Waals surface area contributed by atoms with E-state index in [1.165, 1.54) is 28.8 Å². The van der Waals surface area contributed by atoms with Gasteiger partial charge in [-0.05, 0) is 47.0 Å². The number of hydrogen-bond acceptors (Lipinski definition) is 6. The number of thioether (sulfide) groups is 1. The quantitative estimate of drug-likeness (QED) is 0.843. The molecule has 0 saturated heterocycles. The van der Waals surface area contributed by atoms with Crippen LogP contribution in [0.1, 0.15) is 57.8 Å². The fraction of sp³-hybridized carbons (Fsp3) is 0.625. The van der Waals surface area contributed by atoms with Crippen LogP contribution < -0.4 is 5.32 Å². The SMILES string of the molecule is C[C@H](Sc1nncs1)C(=O)N[C@@H]1CCCc2c1cnn2C(C)(C)C. The maximum atomic E-state index is 12.5. The minimum absolute atomic E-state index is 0.0385. The molecule has 1 aliphatic rings. The molecule has 2 heterocycles. The van der Waals surface area contributed by atoms with E-state index in [1.54, 1.807) is 5.51 Å². The van der Waals surface area contributed by atoms with Crippen LogP contribution in [0.4, 0.5) is 0 Å². The van der Waals surface area contributed by atoms with Crippen LogP contribution in [-0.4, -0.2) is 31.1 Å². The van der Waals surface area contributed by atoms with Gasteiger partial charge in [0.1, 0.15) is 5.51 Å². The molecule has 1 aliphatic carbocycles. The molecule has 0 aromatic carbocycles. The topological polar surface area (TPSA) is 72.7 Å². The van der Waals surface area contributed by atoms with Gasteiger partial charge in [0, 0.05) is 11.3 Å². The number of carbonyl (C=O) groups excluding carboxylic acids is 1. The Bertz CT molecular complexity index is 705. The second-order valence-corrected chi connectivity index (χ2v) is 9.47. The van der Waals surface area contributed by atoms with Crippen molar-refractivity contribution in [2.24, 2.45) is 0 Å². The van der Waals surface area contributed by atoms with Gasteiger partial charge in [0.25, 0.3) is 0 Å². The molecule has 2 aromatic heterocycles. The first-order valence-corrected chi connectivity index (χ1v) is 9.92. The van der Waals surface area contributed by atoms with Crippen LogP contribution >= 0.6 is 23.1 Å². The van der Waals surface area contributed by atoms with Crippen LogP contribution in [0.5, 0.6) is 0 Å². The number of amides is 1. The van der Waals surface area contributed by atoms with Gasteiger partial charge in [0.05, 0.1) is 23.0 Å². The lowest BCUT2D eigenvalue weighted by atomic mass is 9.92. The minimum Gasteiger partial charge on any atom is -0.348 e. The summed E-state index contributed by atoms with van der Waals surface area (Å²) in [6.45, 7) is 8.37. The Morgan fingerprint density at radius 2 is 2.29 bits per heavy atom. The van der Waals surface area contributed by atoms with Gasteiger partial charge < -0.3 is 5.32 Å². The van der Waals surface area contributed by atoms with Gasteiger partial charge in [0.15, 0.2) is 4.34 Å². The molecule has 1 amide bonds. The van der Waals surface area contributed by atoms with E-state index in [9.17, 15) is 4.79 Å². The van der Waals surface area contributed by atoms with Crippen molar-refractivity contribution in [1.29, 1.82) is 0 Å². The van der Waals surface area contributed by atoms with Gasteiger partial charge in [-0.25, -0.2) is 0 Å². The zero-order valence-electron chi connectivity index (χ0n) is 14.4. The summed E-state index contributed by atoms with van der Waals surface area (Å²) in [5, 5.41) is 15.4. The highest BCUT2D eigenvalue weighted by Crippen LogP contribution is 2.33. The van der Waals surface area contributed by atoms with Crippen LogP contribution in [-0.2, 0) is 16.8 Å². The summed E-state index contributed by atoms with van der Waals surface area (Å²) in [5.41, 5.74) is 4.06. The Morgan fingerprint density at radius 3 is 2.96 bits per heavy atom. The predicted molar refractivity (Wildman–Crippen MR) is 96.3 cm³/mol. The van der Waals surface area contributed by atoms with Gasteiger partial charge in [0.2, 0.25) is 5.91 Å². The molecule has 130 valence electrons. The molecular formula is C16H23N5OS2. The molecule has 0 radical (unpaired) electrons. The molecule has 6 nitrogen and oxygen atoms in total. The molecule has 24 heavy (non-hydrogen) atoms. The van der Waals surface area contributed by atoms with Crippen molar-refractivity contribution in [2.45, 2.75) is 68.1 Å². The third-order valence-corrected chi connectivity index (χ3v) is 6.03. The maximum Gasteiger partial charge on any atom is 0.233 e. The van der Waals surface area contributed by atoms with Crippen LogP contribution in [0.2, 0.25) is 0 Å². The average molecular weight is 366 g/mol. The number of hydrogen-bond donors (Lipinski definition) is 1. The van der Waals surface area contributed by atoms with Gasteiger partial charge in [-0.1, -0.05) is 23.1 Å². The first-order valence-electron chi connectivity index (χ1n) is 8.16. The van der Waals surface area contributed by atoms with E-state index in [4.69, 9.17) is 0 Å². The zero-order chi connectivity index (χ0) is 17.3. The average Bonchev–Trinajstić information content (AvgIpc) is 3.15. The second-order valence-electron chi connectivity index (χ2n) is 7.05. The maximum absolute atomic E-state index is 12.5. The molecule has 0 saturated carbocycles. The van der Waals surface area contributed by atoms with Crippen molar-refractivity contribution in [3.05, 3.63) is 23.0 Å². The number of aromatic nitrogens is 4. The summed E-state index contributed by atoms with van der Waals surface area (Å²) in [6.07, 6.45) is 4.98. The van der Waals surface area contributed by atoms with E-state index >= 15 is 0 Å². The van der Waals surface area contributed by atoms with Crippen molar-refractivity contribution in [3.63, 3.8) is 0 Å². The van der Waals surface area contributed by atoms with Crippen LogP contribution in [0.15, 0.2) is 16.0 Å². The third kappa shape index (κ3) is 3.64. The molecule has 2 atom stereocenters. The molecule has 0 unspecified atom stereocenters. The molecule has 0 aliphatic heterocycles. The minimum atomic E-state index is -0.194. The highest BCUT2D eigenvalue weighted by atomic mass is 32.2. The van der Waals surface area contributed by atoms with Crippen molar-refractivity contribution < 1.29 is 4.79 Å². The molecule has 3 rings (SSSR count). The Kier molecular flexibility index (Phi) is 4.96. The van der Waals surface area contributed by atoms with Gasteiger partial charge in [-0.15, -0.1) is 10.2 Å². The van der Waals surface area contributed by atoms with E-state index in [0.29, 0.717) is 0 Å². The largest absolute Gasteiger partial charge is 0.348 e. The summed E-state index contributed by atoms with van der Waals surface area (Å²) >= 11 is 2.91. The number of carbonyl (C=O) groups is 1. The van der Waals surface area contributed by atoms with E-state index < -0.39 is 0 Å². The molecule has 1 N–H and O–H groups in total. The van der Waals surface area contributed by atoms with Crippen LogP contribution in [0.3, 0.4) is 0 Å². The molecular weight excluding hydrogens is 342 g/mol. The Morgan fingerprint density at radius 1 is 1.50 bits per heavy atom. The smallest absolute Gasteiger partial charge is 0.233 e. The lowest BCUT2D eigenvalue weighted by Gasteiger charge is -2.28. The molecule has 2 aromatic rings. The molecule has 0 bridgehead atoms. The fourth-order valence-electron chi connectivity index (χ4n) is 2.99. The number of fused-ring (bicyclic) bond motifs is 1. The Labute approximate surface area is 150 Å². The Hall–Kier alpha value is -1.41. The third-order valence-electron chi connectivity index (χ3n) is 4.12. The molecule has 0 fully saturated rings. The predicted octanol–water partition coefficient (Wildman–Crippen LogP) is 3.16. The summed E-state index contributed by atoms with van der Waals surface area (Å²) in [6, 6.07) is 0.0508. The number of rotatable bonds is 4. The zero-order valence-corrected chi connectivity index (χ0v) is 16.1. The lowest BCUT2D eigenvalue weighted by molar-refractivity contribution is -0.121. The normalized spacial score (nSPS) is 18.9. The second kappa shape index (κ2) is 6.84. The fourth-order valence-corrected chi connectivity index (χ4v) is 4.63. The summed E-state index contributed by atoms with van der Waals surface area (Å²) in [4.78, 5) is 12.5. The Balaban J connectivity index is 1.71. The van der Waals surface area contributed by atoms with Crippen molar-refractivity contribution >= 4 is 29.0 Å². The first kappa shape index (κ1) is 17.4. The van der Waals surface area contributed by atoms with E-state index in [-0.39, 0.29) is 22.7 Å². The van der Waals surface area contributed by atoms with Crippen molar-refractivity contribution in [3.8, 4) is 0 Å². The van der Waals surface area contributed by atoms with Gasteiger partial charge >= 0.3 is 0 Å². The standard InChI is InChI=1S/C16H23N5OS2/c1-10(24-15-20-17-9-23-15)14(22)19-12-6-5-7-13-11(12)8-18-21(13)16(2,3)4/h8-10,12H,5-7H2,1-4H3,(H,19,22)/t10-,12+/m0/s1. The highest BCUT2D eigenvalue weighted by Gasteiger charge is 2.30. The highest BCUT2D eigenvalue weighted by molar-refractivity contribution is 8.02. The van der Waals surface area contributed by atoms with E-state index in [1.807, 2.05) is 13.1 Å². The lowest BCUT2D eigenvalue weighted by Crippen LogP contribution is -2.36. The number of nitrogens with zero attached hydrogens (tertiary/aromatic N) is 4. The summed E-state index contributed by atoms with van der Waals surface area (Å²) < 4.78 is 2.92. The van der Waals surface area contributed by atoms with E-state index in [0.717, 1.165) is 29.2 Å². The number of nitrogens with one attached hydrogen (secondary N) is 1. The molecule has 0 spiro atoms. The first-order chi connectivity index (χ1) is 11.4. The van der Waals surface area contributed by atoms with Gasteiger partial charge in [-0.2, -0.15) is 5.10 Å². The van der Waals surface area contributed by atoms with E-state index in [2.05, 4.69) is 46.1 Å². The summed E-state index contributed by atoms with van der Waals surface area (Å²) in [7, 11) is 0. The van der Waals surface area contributed by atoms with Gasteiger partial charge in [-0.3, -0.25) is 9.48 Å². The monoisotopic (exact) mass is 365 g/mol. The van der Waals surface area contributed by atoms with Crippen molar-refractivity contribution in [1.82, 2.24) is 25.3 Å². The molecule has 8 heteroatoms. The van der Waals surface area contributed by atoms with Crippen LogP contribution in [0.25, 0.3) is 0 Å². The van der Waals surface area contributed by atoms with Crippen molar-refractivity contribution in [2.75, 3.05) is 0 Å².